The normalized spacial score (nSPS) is 9.76. The van der Waals surface area contributed by atoms with Crippen LogP contribution in [0.25, 0.3) is 0 Å². The summed E-state index contributed by atoms with van der Waals surface area (Å²) < 4.78 is 4.46. The van der Waals surface area contributed by atoms with Crippen LogP contribution in [0.15, 0.2) is 67.0 Å². The van der Waals surface area contributed by atoms with Gasteiger partial charge in [-0.3, -0.25) is 9.78 Å². The highest BCUT2D eigenvalue weighted by Gasteiger charge is 2.10. The van der Waals surface area contributed by atoms with Crippen molar-refractivity contribution >= 4 is 46.5 Å². The molecule has 0 atom stereocenters. The molecule has 0 bridgehead atoms. The summed E-state index contributed by atoms with van der Waals surface area (Å²) in [6.45, 7) is 0. The molecule has 3 aromatic rings. The molecule has 29 heavy (non-hydrogen) atoms. The second-order valence-electron chi connectivity index (χ2n) is 5.68. The lowest BCUT2D eigenvalue weighted by Gasteiger charge is -2.13. The van der Waals surface area contributed by atoms with Crippen molar-refractivity contribution in [3.05, 3.63) is 88.2 Å². The maximum Gasteiger partial charge on any atom is 0.339 e. The van der Waals surface area contributed by atoms with E-state index in [0.717, 1.165) is 0 Å². The lowest BCUT2D eigenvalue weighted by Crippen LogP contribution is -2.04. The maximum absolute atomic E-state index is 10.8. The van der Waals surface area contributed by atoms with Crippen LogP contribution in [0.4, 0.5) is 11.4 Å². The summed E-state index contributed by atoms with van der Waals surface area (Å²) in [7, 11) is 1.34. The molecule has 2 aromatic carbocycles. The van der Waals surface area contributed by atoms with Crippen LogP contribution in [0.1, 0.15) is 15.9 Å². The number of halogens is 2. The Morgan fingerprint density at radius 1 is 1.03 bits per heavy atom. The molecule has 150 valence electrons. The number of anilines is 2. The smallest absolute Gasteiger partial charge is 0.339 e. The van der Waals surface area contributed by atoms with Crippen LogP contribution in [0.3, 0.4) is 0 Å². The van der Waals surface area contributed by atoms with E-state index < -0.39 is 5.97 Å². The highest BCUT2D eigenvalue weighted by Crippen LogP contribution is 2.33. The minimum atomic E-state index is -0.889. The highest BCUT2D eigenvalue weighted by molar-refractivity contribution is 6.39. The molecular weight excluding hydrogens is 415 g/mol. The third kappa shape index (κ3) is 6.78. The molecule has 0 unspecified atom stereocenters. The van der Waals surface area contributed by atoms with Crippen LogP contribution in [-0.4, -0.2) is 29.1 Å². The lowest BCUT2D eigenvalue weighted by atomic mass is 10.1. The first kappa shape index (κ1) is 22.2. The number of aromatic nitrogens is 1. The SMILES string of the molecule is COC(=O)c1cccnc1.O=C(O)Cc1ccccc1Nc1c(Cl)cccc1Cl. The number of esters is 1. The number of nitrogens with one attached hydrogen (secondary N) is 1. The molecule has 1 aromatic heterocycles. The fourth-order valence-electron chi connectivity index (χ4n) is 2.31. The van der Waals surface area contributed by atoms with E-state index in [0.29, 0.717) is 32.5 Å². The number of aliphatic carboxylic acids is 1. The van der Waals surface area contributed by atoms with Gasteiger partial charge in [-0.2, -0.15) is 0 Å². The predicted octanol–water partition coefficient (Wildman–Crippen LogP) is 5.23. The van der Waals surface area contributed by atoms with Crippen LogP contribution >= 0.6 is 23.2 Å². The summed E-state index contributed by atoms with van der Waals surface area (Å²) in [6, 6.07) is 15.7. The molecule has 0 fully saturated rings. The van der Waals surface area contributed by atoms with Crippen LogP contribution < -0.4 is 5.32 Å². The van der Waals surface area contributed by atoms with Crippen molar-refractivity contribution in [1.82, 2.24) is 4.98 Å². The molecule has 0 spiro atoms. The molecule has 8 heteroatoms. The summed E-state index contributed by atoms with van der Waals surface area (Å²) in [4.78, 5) is 25.3. The van der Waals surface area contributed by atoms with Crippen LogP contribution in [0, 0.1) is 0 Å². The maximum atomic E-state index is 10.8. The minimum Gasteiger partial charge on any atom is -0.481 e. The van der Waals surface area contributed by atoms with E-state index in [1.54, 1.807) is 54.7 Å². The lowest BCUT2D eigenvalue weighted by molar-refractivity contribution is -0.136. The summed E-state index contributed by atoms with van der Waals surface area (Å²) in [5, 5.41) is 12.9. The summed E-state index contributed by atoms with van der Waals surface area (Å²) in [5.74, 6) is -1.24. The van der Waals surface area contributed by atoms with Gasteiger partial charge < -0.3 is 15.2 Å². The predicted molar refractivity (Wildman–Crippen MR) is 113 cm³/mol. The largest absolute Gasteiger partial charge is 0.481 e. The number of ether oxygens (including phenoxy) is 1. The van der Waals surface area contributed by atoms with Gasteiger partial charge in [0, 0.05) is 18.1 Å². The molecule has 0 aliphatic carbocycles. The molecule has 2 N–H and O–H groups in total. The molecule has 0 saturated carbocycles. The number of rotatable bonds is 5. The number of para-hydroxylation sites is 2. The first-order chi connectivity index (χ1) is 13.9. The van der Waals surface area contributed by atoms with Gasteiger partial charge in [-0.25, -0.2) is 4.79 Å². The number of hydrogen-bond donors (Lipinski definition) is 2. The molecule has 1 heterocycles. The first-order valence-electron chi connectivity index (χ1n) is 8.41. The Labute approximate surface area is 178 Å². The molecule has 0 aliphatic rings. The van der Waals surface area contributed by atoms with E-state index in [4.69, 9.17) is 28.3 Å². The van der Waals surface area contributed by atoms with Gasteiger partial charge in [-0.05, 0) is 35.9 Å². The van der Waals surface area contributed by atoms with Gasteiger partial charge >= 0.3 is 11.9 Å². The van der Waals surface area contributed by atoms with Gasteiger partial charge in [0.15, 0.2) is 0 Å². The third-order valence-corrected chi connectivity index (χ3v) is 4.29. The van der Waals surface area contributed by atoms with E-state index in [9.17, 15) is 9.59 Å². The van der Waals surface area contributed by atoms with Gasteiger partial charge in [-0.15, -0.1) is 0 Å². The van der Waals surface area contributed by atoms with E-state index >= 15 is 0 Å². The second kappa shape index (κ2) is 11.0. The quantitative estimate of drug-likeness (QED) is 0.536. The number of pyridine rings is 1. The third-order valence-electron chi connectivity index (χ3n) is 3.66. The molecule has 3 rings (SSSR count). The van der Waals surface area contributed by atoms with Crippen molar-refractivity contribution in [2.75, 3.05) is 12.4 Å². The van der Waals surface area contributed by atoms with Crippen LogP contribution in [0.2, 0.25) is 10.0 Å². The Kier molecular flexibility index (Phi) is 8.45. The molecule has 0 saturated heterocycles. The van der Waals surface area contributed by atoms with Crippen molar-refractivity contribution in [1.29, 1.82) is 0 Å². The van der Waals surface area contributed by atoms with Gasteiger partial charge in [0.1, 0.15) is 0 Å². The number of carboxylic acid groups (broad SMARTS) is 1. The number of methoxy groups -OCH3 is 1. The van der Waals surface area contributed by atoms with E-state index in [2.05, 4.69) is 15.0 Å². The Bertz CT molecular complexity index is 961. The number of hydrogen-bond acceptors (Lipinski definition) is 5. The number of benzene rings is 2. The summed E-state index contributed by atoms with van der Waals surface area (Å²) in [6.07, 6.45) is 3.00. The summed E-state index contributed by atoms with van der Waals surface area (Å²) in [5.41, 5.74) is 2.40. The fourth-order valence-corrected chi connectivity index (χ4v) is 2.80. The fraction of sp³-hybridized carbons (Fsp3) is 0.0952. The molecule has 0 aliphatic heterocycles. The zero-order valence-corrected chi connectivity index (χ0v) is 16.9. The standard InChI is InChI=1S/C14H11Cl2NO2.C7H7NO2/c15-10-5-3-6-11(16)14(10)17-12-7-2-1-4-9(12)8-13(18)19;1-10-7(9)6-3-2-4-8-5-6/h1-7,17H,8H2,(H,18,19);2-5H,1H3. The Morgan fingerprint density at radius 2 is 1.72 bits per heavy atom. The average molecular weight is 433 g/mol. The first-order valence-corrected chi connectivity index (χ1v) is 9.17. The van der Waals surface area contributed by atoms with Crippen molar-refractivity contribution in [3.8, 4) is 0 Å². The summed E-state index contributed by atoms with van der Waals surface area (Å²) >= 11 is 12.1. The van der Waals surface area contributed by atoms with Crippen molar-refractivity contribution in [2.45, 2.75) is 6.42 Å². The molecule has 0 radical (unpaired) electrons. The van der Waals surface area contributed by atoms with Crippen molar-refractivity contribution in [3.63, 3.8) is 0 Å². The Balaban J connectivity index is 0.000000253. The topological polar surface area (TPSA) is 88.5 Å². The van der Waals surface area contributed by atoms with E-state index in [-0.39, 0.29) is 12.4 Å². The zero-order chi connectivity index (χ0) is 21.2. The molecule has 6 nitrogen and oxygen atoms in total. The second-order valence-corrected chi connectivity index (χ2v) is 6.50. The van der Waals surface area contributed by atoms with Gasteiger partial charge in [0.2, 0.25) is 0 Å². The number of carbonyl (C=O) groups excluding carboxylic acids is 1. The molecule has 0 amide bonds. The van der Waals surface area contributed by atoms with Gasteiger partial charge in [-0.1, -0.05) is 47.5 Å². The van der Waals surface area contributed by atoms with Gasteiger partial charge in [0.25, 0.3) is 0 Å². The monoisotopic (exact) mass is 432 g/mol. The molecular formula is C21H18Cl2N2O4. The average Bonchev–Trinajstić information content (AvgIpc) is 2.72. The van der Waals surface area contributed by atoms with E-state index in [1.807, 2.05) is 6.07 Å². The number of carboxylic acids is 1. The minimum absolute atomic E-state index is 0.0642. The van der Waals surface area contributed by atoms with Crippen LogP contribution in [0.5, 0.6) is 0 Å². The van der Waals surface area contributed by atoms with Gasteiger partial charge in [0.05, 0.1) is 34.8 Å². The number of carbonyl (C=O) groups is 2. The van der Waals surface area contributed by atoms with E-state index in [1.165, 1.54) is 13.3 Å². The Hall–Kier alpha value is -3.09. The zero-order valence-electron chi connectivity index (χ0n) is 15.4. The highest BCUT2D eigenvalue weighted by atomic mass is 35.5. The Morgan fingerprint density at radius 3 is 2.31 bits per heavy atom. The van der Waals surface area contributed by atoms with Crippen molar-refractivity contribution < 1.29 is 19.4 Å². The van der Waals surface area contributed by atoms with Crippen molar-refractivity contribution in [2.24, 2.45) is 0 Å². The number of nitrogens with zero attached hydrogens (tertiary/aromatic N) is 1. The van der Waals surface area contributed by atoms with Crippen LogP contribution in [-0.2, 0) is 16.0 Å².